The minimum atomic E-state index is 0.907. The molecular formula is C21H38. The van der Waals surface area contributed by atoms with Gasteiger partial charge in [-0.15, -0.1) is 6.58 Å². The van der Waals surface area contributed by atoms with Crippen LogP contribution in [-0.2, 0) is 0 Å². The first-order valence-electron chi connectivity index (χ1n) is 9.66. The van der Waals surface area contributed by atoms with Crippen molar-refractivity contribution < 1.29 is 0 Å². The van der Waals surface area contributed by atoms with Gasteiger partial charge in [-0.05, 0) is 56.8 Å². The molecule has 1 fully saturated rings. The lowest BCUT2D eigenvalue weighted by atomic mass is 9.90. The minimum absolute atomic E-state index is 0.907. The van der Waals surface area contributed by atoms with Gasteiger partial charge in [0, 0.05) is 0 Å². The van der Waals surface area contributed by atoms with Crippen molar-refractivity contribution >= 4 is 0 Å². The van der Waals surface area contributed by atoms with E-state index in [1.807, 2.05) is 0 Å². The number of allylic oxidation sites excluding steroid dienone is 3. The summed E-state index contributed by atoms with van der Waals surface area (Å²) in [7, 11) is 0. The molecule has 0 radical (unpaired) electrons. The molecule has 1 aliphatic rings. The summed E-state index contributed by atoms with van der Waals surface area (Å²) in [5, 5.41) is 0. The van der Waals surface area contributed by atoms with E-state index in [1.54, 1.807) is 0 Å². The van der Waals surface area contributed by atoms with Crippen LogP contribution in [0.1, 0.15) is 96.8 Å². The Kier molecular flexibility index (Phi) is 11.6. The lowest BCUT2D eigenvalue weighted by Gasteiger charge is -2.16. The van der Waals surface area contributed by atoms with Gasteiger partial charge in [0.2, 0.25) is 0 Å². The van der Waals surface area contributed by atoms with Gasteiger partial charge >= 0.3 is 0 Å². The van der Waals surface area contributed by atoms with Crippen LogP contribution in [0.15, 0.2) is 24.8 Å². The van der Waals surface area contributed by atoms with Crippen molar-refractivity contribution in [1.29, 1.82) is 0 Å². The highest BCUT2D eigenvalue weighted by Crippen LogP contribution is 2.36. The Hall–Kier alpha value is -0.520. The number of hydrogen-bond acceptors (Lipinski definition) is 0. The zero-order valence-corrected chi connectivity index (χ0v) is 14.5. The van der Waals surface area contributed by atoms with E-state index in [1.165, 1.54) is 89.9 Å². The maximum atomic E-state index is 3.80. The van der Waals surface area contributed by atoms with Gasteiger partial charge in [-0.1, -0.05) is 70.1 Å². The third-order valence-corrected chi connectivity index (χ3v) is 5.06. The Labute approximate surface area is 134 Å². The molecule has 0 N–H and O–H groups in total. The third kappa shape index (κ3) is 9.17. The van der Waals surface area contributed by atoms with E-state index in [0.717, 1.165) is 11.8 Å². The molecule has 0 spiro atoms. The first-order valence-corrected chi connectivity index (χ1v) is 9.66. The van der Waals surface area contributed by atoms with Gasteiger partial charge in [-0.3, -0.25) is 0 Å². The summed E-state index contributed by atoms with van der Waals surface area (Å²) in [6, 6.07) is 0. The summed E-state index contributed by atoms with van der Waals surface area (Å²) >= 11 is 0. The normalized spacial score (nSPS) is 22.1. The first kappa shape index (κ1) is 18.5. The van der Waals surface area contributed by atoms with E-state index < -0.39 is 0 Å². The van der Waals surface area contributed by atoms with E-state index in [9.17, 15) is 0 Å². The van der Waals surface area contributed by atoms with Crippen molar-refractivity contribution in [3.8, 4) is 0 Å². The minimum Gasteiger partial charge on any atom is -0.103 e. The summed E-state index contributed by atoms with van der Waals surface area (Å²) in [6.45, 7) is 6.08. The van der Waals surface area contributed by atoms with Crippen LogP contribution in [0.2, 0.25) is 0 Å². The Balaban J connectivity index is 2.07. The van der Waals surface area contributed by atoms with Crippen molar-refractivity contribution in [2.45, 2.75) is 96.8 Å². The quantitative estimate of drug-likeness (QED) is 0.244. The molecule has 0 aromatic heterocycles. The van der Waals surface area contributed by atoms with Gasteiger partial charge in [0.1, 0.15) is 0 Å². The predicted molar refractivity (Wildman–Crippen MR) is 96.6 cm³/mol. The second kappa shape index (κ2) is 13.2. The fourth-order valence-corrected chi connectivity index (χ4v) is 3.69. The van der Waals surface area contributed by atoms with Crippen molar-refractivity contribution in [2.24, 2.45) is 11.8 Å². The topological polar surface area (TPSA) is 0 Å². The van der Waals surface area contributed by atoms with Crippen molar-refractivity contribution in [3.63, 3.8) is 0 Å². The first-order chi connectivity index (χ1) is 10.4. The average Bonchev–Trinajstić information content (AvgIpc) is 2.94. The van der Waals surface area contributed by atoms with Gasteiger partial charge in [0.15, 0.2) is 0 Å². The van der Waals surface area contributed by atoms with Crippen LogP contribution in [-0.4, -0.2) is 0 Å². The molecule has 0 heterocycles. The van der Waals surface area contributed by atoms with E-state index in [-0.39, 0.29) is 0 Å². The maximum absolute atomic E-state index is 3.80. The molecule has 0 nitrogen and oxygen atoms in total. The van der Waals surface area contributed by atoms with Crippen LogP contribution in [0.25, 0.3) is 0 Å². The van der Waals surface area contributed by atoms with Crippen molar-refractivity contribution in [2.75, 3.05) is 0 Å². The summed E-state index contributed by atoms with van der Waals surface area (Å²) in [5.74, 6) is 1.90. The molecule has 0 aromatic rings. The Morgan fingerprint density at radius 1 is 0.905 bits per heavy atom. The molecule has 21 heavy (non-hydrogen) atoms. The average molecular weight is 291 g/mol. The third-order valence-electron chi connectivity index (χ3n) is 5.06. The van der Waals surface area contributed by atoms with E-state index in [2.05, 4.69) is 31.7 Å². The molecule has 122 valence electrons. The highest BCUT2D eigenvalue weighted by molar-refractivity contribution is 4.94. The van der Waals surface area contributed by atoms with E-state index >= 15 is 0 Å². The molecule has 0 bridgehead atoms. The van der Waals surface area contributed by atoms with E-state index in [0.29, 0.717) is 0 Å². The second-order valence-electron chi connectivity index (χ2n) is 6.91. The number of unbranched alkanes of at least 4 members (excludes halogenated alkanes) is 8. The molecule has 0 saturated heterocycles. The molecule has 0 unspecified atom stereocenters. The van der Waals surface area contributed by atoms with Gasteiger partial charge in [0.05, 0.1) is 0 Å². The lowest BCUT2D eigenvalue weighted by molar-refractivity contribution is 0.403. The van der Waals surface area contributed by atoms with Crippen LogP contribution in [0, 0.1) is 11.8 Å². The van der Waals surface area contributed by atoms with Gasteiger partial charge in [0.25, 0.3) is 0 Å². The van der Waals surface area contributed by atoms with Gasteiger partial charge in [-0.25, -0.2) is 0 Å². The van der Waals surface area contributed by atoms with Gasteiger partial charge in [-0.2, -0.15) is 0 Å². The molecule has 0 heteroatoms. The van der Waals surface area contributed by atoms with E-state index in [4.69, 9.17) is 0 Å². The summed E-state index contributed by atoms with van der Waals surface area (Å²) in [6.07, 6.45) is 26.7. The number of rotatable bonds is 13. The van der Waals surface area contributed by atoms with Crippen molar-refractivity contribution in [3.05, 3.63) is 24.8 Å². The lowest BCUT2D eigenvalue weighted by Crippen LogP contribution is -2.05. The zero-order valence-electron chi connectivity index (χ0n) is 14.5. The summed E-state index contributed by atoms with van der Waals surface area (Å²) in [5.41, 5.74) is 0. The second-order valence-corrected chi connectivity index (χ2v) is 6.91. The molecule has 0 aromatic carbocycles. The van der Waals surface area contributed by atoms with Crippen LogP contribution in [0.5, 0.6) is 0 Å². The molecule has 1 saturated carbocycles. The molecule has 1 aliphatic carbocycles. The largest absolute Gasteiger partial charge is 0.103 e. The summed E-state index contributed by atoms with van der Waals surface area (Å²) in [4.78, 5) is 0. The van der Waals surface area contributed by atoms with Gasteiger partial charge < -0.3 is 0 Å². The van der Waals surface area contributed by atoms with Crippen LogP contribution >= 0.6 is 0 Å². The van der Waals surface area contributed by atoms with Crippen molar-refractivity contribution in [1.82, 2.24) is 0 Å². The Bertz CT molecular complexity index is 263. The molecule has 0 amide bonds. The monoisotopic (exact) mass is 290 g/mol. The summed E-state index contributed by atoms with van der Waals surface area (Å²) < 4.78 is 0. The maximum Gasteiger partial charge on any atom is -0.0205 e. The predicted octanol–water partition coefficient (Wildman–Crippen LogP) is 7.46. The Morgan fingerprint density at radius 3 is 2.48 bits per heavy atom. The number of hydrogen-bond donors (Lipinski definition) is 0. The fraction of sp³-hybridized carbons (Fsp3) is 0.810. The SMILES string of the molecule is C=CCCCCCC[C@H]1CCC[C@@H]1/C=C/CCCCCC. The molecule has 1 rings (SSSR count). The standard InChI is InChI=1S/C21H38/c1-3-5-7-9-11-13-16-20-18-15-19-21(20)17-14-12-10-8-6-4-2/h3,14,17,20-21H,1,4-13,15-16,18-19H2,2H3/b17-14+/t20-,21-/m0/s1. The van der Waals surface area contributed by atoms with Crippen LogP contribution in [0.4, 0.5) is 0 Å². The molecular weight excluding hydrogens is 252 g/mol. The Morgan fingerprint density at radius 2 is 1.67 bits per heavy atom. The molecule has 2 atom stereocenters. The smallest absolute Gasteiger partial charge is 0.0205 e. The zero-order chi connectivity index (χ0) is 15.2. The highest BCUT2D eigenvalue weighted by atomic mass is 14.3. The highest BCUT2D eigenvalue weighted by Gasteiger charge is 2.24. The van der Waals surface area contributed by atoms with Crippen LogP contribution in [0.3, 0.4) is 0 Å². The van der Waals surface area contributed by atoms with Crippen LogP contribution < -0.4 is 0 Å². The fourth-order valence-electron chi connectivity index (χ4n) is 3.69. The molecule has 0 aliphatic heterocycles.